The van der Waals surface area contributed by atoms with Crippen molar-refractivity contribution in [2.75, 3.05) is 13.2 Å². The molecule has 0 atom stereocenters. The van der Waals surface area contributed by atoms with Crippen LogP contribution in [-0.2, 0) is 9.57 Å². The second kappa shape index (κ2) is 11.5. The fourth-order valence-electron chi connectivity index (χ4n) is 0.354. The zero-order valence-electron chi connectivity index (χ0n) is 9.02. The van der Waals surface area contributed by atoms with E-state index in [1.54, 1.807) is 20.8 Å². The summed E-state index contributed by atoms with van der Waals surface area (Å²) < 4.78 is 4.59. The Kier molecular flexibility index (Phi) is 15.2. The van der Waals surface area contributed by atoms with E-state index in [9.17, 15) is 4.79 Å². The molecular formula is C7H19ClN2O5. The molecule has 0 saturated carbocycles. The predicted octanol–water partition coefficient (Wildman–Crippen LogP) is 0.191. The van der Waals surface area contributed by atoms with Crippen LogP contribution in [0.3, 0.4) is 0 Å². The Balaban J connectivity index is -0.000000208. The van der Waals surface area contributed by atoms with E-state index in [4.69, 9.17) is 10.3 Å². The van der Waals surface area contributed by atoms with Gasteiger partial charge in [-0.25, -0.2) is 16.2 Å². The number of aliphatic hydroxyl groups excluding tert-OH is 1. The molecule has 0 aliphatic heterocycles. The van der Waals surface area contributed by atoms with Crippen molar-refractivity contribution in [3.63, 3.8) is 0 Å². The van der Waals surface area contributed by atoms with E-state index in [1.165, 1.54) is 5.48 Å². The Morgan fingerprint density at radius 2 is 1.93 bits per heavy atom. The summed E-state index contributed by atoms with van der Waals surface area (Å²) in [5.74, 6) is 4.48. The van der Waals surface area contributed by atoms with E-state index in [0.29, 0.717) is 0 Å². The summed E-state index contributed by atoms with van der Waals surface area (Å²) in [6.45, 7) is 5.35. The quantitative estimate of drug-likeness (QED) is 0.409. The van der Waals surface area contributed by atoms with Gasteiger partial charge in [-0.2, -0.15) is 0 Å². The maximum Gasteiger partial charge on any atom is 0.431 e. The minimum atomic E-state index is -0.831. The van der Waals surface area contributed by atoms with Crippen LogP contribution >= 0.6 is 12.4 Å². The lowest BCUT2D eigenvalue weighted by atomic mass is 10.2. The maximum atomic E-state index is 10.2. The molecule has 0 bridgehead atoms. The first-order valence-corrected chi connectivity index (χ1v) is 3.93. The third kappa shape index (κ3) is 24.7. The number of hydrogen-bond acceptors (Lipinski definition) is 6. The Morgan fingerprint density at radius 1 is 1.47 bits per heavy atom. The molecule has 8 heteroatoms. The number of halogens is 1. The lowest BCUT2D eigenvalue weighted by molar-refractivity contribution is 0.0229. The van der Waals surface area contributed by atoms with Gasteiger partial charge in [-0.3, -0.25) is 5.21 Å². The normalized spacial score (nSPS) is 9.20. The van der Waals surface area contributed by atoms with Gasteiger partial charge in [0.1, 0.15) is 5.60 Å². The van der Waals surface area contributed by atoms with Crippen molar-refractivity contribution in [2.24, 2.45) is 5.90 Å². The van der Waals surface area contributed by atoms with E-state index in [1.807, 2.05) is 0 Å². The summed E-state index contributed by atoms with van der Waals surface area (Å²) in [6, 6.07) is 0. The number of amides is 1. The average Bonchev–Trinajstić information content (AvgIpc) is 2.04. The molecule has 0 saturated heterocycles. The number of ether oxygens (including phenoxy) is 1. The lowest BCUT2D eigenvalue weighted by Crippen LogP contribution is -2.30. The molecule has 15 heavy (non-hydrogen) atoms. The molecule has 0 rings (SSSR count). The van der Waals surface area contributed by atoms with Crippen molar-refractivity contribution >= 4 is 18.5 Å². The van der Waals surface area contributed by atoms with Crippen LogP contribution in [0, 0.1) is 0 Å². The SMILES string of the molecule is CC(C)(C)OC(=O)NO.Cl.NOCCO. The van der Waals surface area contributed by atoms with Gasteiger partial charge in [-0.05, 0) is 20.8 Å². The number of hydroxylamine groups is 1. The molecule has 7 nitrogen and oxygen atoms in total. The van der Waals surface area contributed by atoms with Crippen molar-refractivity contribution in [3.05, 3.63) is 0 Å². The molecule has 0 unspecified atom stereocenters. The summed E-state index contributed by atoms with van der Waals surface area (Å²) in [5, 5.41) is 15.8. The molecule has 94 valence electrons. The lowest BCUT2D eigenvalue weighted by Gasteiger charge is -2.17. The van der Waals surface area contributed by atoms with Gasteiger partial charge in [-0.1, -0.05) is 0 Å². The number of rotatable bonds is 2. The fourth-order valence-corrected chi connectivity index (χ4v) is 0.354. The van der Waals surface area contributed by atoms with Gasteiger partial charge < -0.3 is 14.7 Å². The zero-order chi connectivity index (χ0) is 11.6. The molecule has 0 aromatic carbocycles. The van der Waals surface area contributed by atoms with E-state index in [0.717, 1.165) is 0 Å². The monoisotopic (exact) mass is 246 g/mol. The van der Waals surface area contributed by atoms with Gasteiger partial charge in [-0.15, -0.1) is 12.4 Å². The van der Waals surface area contributed by atoms with Gasteiger partial charge >= 0.3 is 6.09 Å². The van der Waals surface area contributed by atoms with E-state index in [2.05, 4.69) is 15.5 Å². The summed E-state index contributed by atoms with van der Waals surface area (Å²) in [6.07, 6.45) is -0.831. The van der Waals surface area contributed by atoms with Gasteiger partial charge in [0.15, 0.2) is 0 Å². The maximum absolute atomic E-state index is 10.2. The molecule has 0 aliphatic carbocycles. The van der Waals surface area contributed by atoms with Crippen LogP contribution in [0.5, 0.6) is 0 Å². The van der Waals surface area contributed by atoms with Gasteiger partial charge in [0.05, 0.1) is 13.2 Å². The molecule has 0 aromatic rings. The predicted molar refractivity (Wildman–Crippen MR) is 55.6 cm³/mol. The van der Waals surface area contributed by atoms with Crippen molar-refractivity contribution in [1.82, 2.24) is 5.48 Å². The molecular weight excluding hydrogens is 228 g/mol. The van der Waals surface area contributed by atoms with Crippen LogP contribution < -0.4 is 11.4 Å². The van der Waals surface area contributed by atoms with Crippen molar-refractivity contribution in [3.8, 4) is 0 Å². The van der Waals surface area contributed by atoms with Gasteiger partial charge in [0, 0.05) is 0 Å². The van der Waals surface area contributed by atoms with Crippen molar-refractivity contribution in [2.45, 2.75) is 26.4 Å². The van der Waals surface area contributed by atoms with Crippen LogP contribution in [0.25, 0.3) is 0 Å². The summed E-state index contributed by atoms with van der Waals surface area (Å²) >= 11 is 0. The molecule has 1 amide bonds. The largest absolute Gasteiger partial charge is 0.442 e. The minimum Gasteiger partial charge on any atom is -0.442 e. The van der Waals surface area contributed by atoms with E-state index >= 15 is 0 Å². The molecule has 0 radical (unpaired) electrons. The number of carbonyl (C=O) groups excluding carboxylic acids is 1. The Morgan fingerprint density at radius 3 is 2.00 bits per heavy atom. The smallest absolute Gasteiger partial charge is 0.431 e. The third-order valence-electron chi connectivity index (χ3n) is 0.699. The second-order valence-electron chi connectivity index (χ2n) is 3.21. The van der Waals surface area contributed by atoms with Crippen molar-refractivity contribution < 1.29 is 24.7 Å². The van der Waals surface area contributed by atoms with E-state index in [-0.39, 0.29) is 25.6 Å². The molecule has 0 fully saturated rings. The van der Waals surface area contributed by atoms with Crippen LogP contribution in [0.1, 0.15) is 20.8 Å². The highest BCUT2D eigenvalue weighted by atomic mass is 35.5. The number of nitrogens with two attached hydrogens (primary N) is 1. The second-order valence-corrected chi connectivity index (χ2v) is 3.21. The Labute approximate surface area is 94.9 Å². The third-order valence-corrected chi connectivity index (χ3v) is 0.699. The number of aliphatic hydroxyl groups is 1. The van der Waals surface area contributed by atoms with E-state index < -0.39 is 11.7 Å². The van der Waals surface area contributed by atoms with Crippen molar-refractivity contribution in [1.29, 1.82) is 0 Å². The fraction of sp³-hybridized carbons (Fsp3) is 0.857. The number of nitrogens with one attached hydrogen (secondary N) is 1. The Hall–Kier alpha value is -0.600. The first-order chi connectivity index (χ1) is 6.37. The van der Waals surface area contributed by atoms with Gasteiger partial charge in [0.25, 0.3) is 0 Å². The standard InChI is InChI=1S/C5H11NO3.C2H7NO2.ClH/c1-5(2,3)9-4(7)6-8;3-5-2-1-4;/h8H,1-3H3,(H,6,7);4H,1-3H2;1H. The van der Waals surface area contributed by atoms with Gasteiger partial charge in [0.2, 0.25) is 0 Å². The zero-order valence-corrected chi connectivity index (χ0v) is 9.84. The Bertz CT molecular complexity index is 149. The molecule has 0 heterocycles. The first-order valence-electron chi connectivity index (χ1n) is 3.93. The van der Waals surface area contributed by atoms with Crippen LogP contribution in [0.2, 0.25) is 0 Å². The topological polar surface area (TPSA) is 114 Å². The highest BCUT2D eigenvalue weighted by Crippen LogP contribution is 2.05. The summed E-state index contributed by atoms with van der Waals surface area (Å²) in [5.41, 5.74) is 0.812. The molecule has 0 aromatic heterocycles. The van der Waals surface area contributed by atoms with Crippen LogP contribution in [0.4, 0.5) is 4.79 Å². The average molecular weight is 247 g/mol. The minimum absolute atomic E-state index is 0. The number of hydrogen-bond donors (Lipinski definition) is 4. The summed E-state index contributed by atoms with van der Waals surface area (Å²) in [4.78, 5) is 14.2. The first kappa shape index (κ1) is 19.9. The van der Waals surface area contributed by atoms with Crippen LogP contribution in [0.15, 0.2) is 0 Å². The molecule has 0 aliphatic rings. The number of carbonyl (C=O) groups is 1. The highest BCUT2D eigenvalue weighted by molar-refractivity contribution is 5.85. The molecule has 5 N–H and O–H groups in total. The highest BCUT2D eigenvalue weighted by Gasteiger charge is 2.14. The molecule has 0 spiro atoms. The summed E-state index contributed by atoms with van der Waals surface area (Å²) in [7, 11) is 0. The van der Waals surface area contributed by atoms with Crippen LogP contribution in [-0.4, -0.2) is 35.2 Å².